The number of sulfone groups is 1. The molecule has 2 aromatic rings. The molecule has 0 radical (unpaired) electrons. The molecule has 1 N–H and O–H groups in total. The Hall–Kier alpha value is -3.25. The first-order chi connectivity index (χ1) is 19.2. The van der Waals surface area contributed by atoms with Gasteiger partial charge >= 0.3 is 6.18 Å². The van der Waals surface area contributed by atoms with Gasteiger partial charge in [-0.25, -0.2) is 8.42 Å². The fourth-order valence-electron chi connectivity index (χ4n) is 5.73. The number of likely N-dealkylation sites (tertiary alicyclic amines) is 1. The van der Waals surface area contributed by atoms with E-state index in [1.165, 1.54) is 18.2 Å². The molecule has 0 bridgehead atoms. The summed E-state index contributed by atoms with van der Waals surface area (Å²) in [6, 6.07) is 10.1. The molecule has 4 atom stereocenters. The molecule has 1 saturated heterocycles. The number of rotatable bonds is 8. The zero-order chi connectivity index (χ0) is 30.1. The summed E-state index contributed by atoms with van der Waals surface area (Å²) in [5.74, 6) is -2.95. The van der Waals surface area contributed by atoms with Crippen LogP contribution in [0.3, 0.4) is 0 Å². The number of nitrogens with zero attached hydrogens (tertiary/aromatic N) is 2. The SMILES string of the molecule is CC(C)N(C)[C@@H]1CC[C@H](N2C(=O)C[C@H](NC(=O)c3cccc(C(F)(F)F)c3)C2=O)[C@@H](CS(=O)(=O)c2ccccc2)C1. The number of imide groups is 1. The number of carbonyl (C=O) groups excluding carboxylic acids is 3. The van der Waals surface area contributed by atoms with Gasteiger partial charge in [0.25, 0.3) is 11.8 Å². The van der Waals surface area contributed by atoms with Crippen LogP contribution in [0.25, 0.3) is 0 Å². The van der Waals surface area contributed by atoms with E-state index in [1.807, 2.05) is 20.9 Å². The molecule has 3 amide bonds. The van der Waals surface area contributed by atoms with Gasteiger partial charge in [0.15, 0.2) is 9.84 Å². The largest absolute Gasteiger partial charge is 0.416 e. The molecule has 12 heteroatoms. The van der Waals surface area contributed by atoms with Crippen LogP contribution in [0, 0.1) is 5.92 Å². The minimum absolute atomic E-state index is 0.0476. The molecular formula is C29H34F3N3O5S. The van der Waals surface area contributed by atoms with Gasteiger partial charge in [0, 0.05) is 23.7 Å². The third kappa shape index (κ3) is 6.81. The van der Waals surface area contributed by atoms with Crippen LogP contribution in [0.1, 0.15) is 55.5 Å². The highest BCUT2D eigenvalue weighted by molar-refractivity contribution is 7.91. The molecule has 2 aliphatic rings. The summed E-state index contributed by atoms with van der Waals surface area (Å²) in [5.41, 5.74) is -1.30. The monoisotopic (exact) mass is 593 g/mol. The van der Waals surface area contributed by atoms with Crippen molar-refractivity contribution in [1.82, 2.24) is 15.1 Å². The topological polar surface area (TPSA) is 104 Å². The Morgan fingerprint density at radius 3 is 2.39 bits per heavy atom. The molecule has 1 heterocycles. The van der Waals surface area contributed by atoms with Crippen molar-refractivity contribution in [3.63, 3.8) is 0 Å². The van der Waals surface area contributed by atoms with Gasteiger partial charge in [-0.3, -0.25) is 19.3 Å². The molecule has 2 aromatic carbocycles. The molecule has 4 rings (SSSR count). The Morgan fingerprint density at radius 2 is 1.76 bits per heavy atom. The minimum Gasteiger partial charge on any atom is -0.340 e. The van der Waals surface area contributed by atoms with E-state index in [2.05, 4.69) is 10.2 Å². The van der Waals surface area contributed by atoms with E-state index in [0.29, 0.717) is 25.3 Å². The summed E-state index contributed by atoms with van der Waals surface area (Å²) in [4.78, 5) is 42.8. The first kappa shape index (κ1) is 30.7. The van der Waals surface area contributed by atoms with Gasteiger partial charge in [0.1, 0.15) is 6.04 Å². The highest BCUT2D eigenvalue weighted by Crippen LogP contribution is 2.36. The van der Waals surface area contributed by atoms with Crippen molar-refractivity contribution in [2.75, 3.05) is 12.8 Å². The molecule has 0 unspecified atom stereocenters. The number of hydrogen-bond donors (Lipinski definition) is 1. The molecule has 8 nitrogen and oxygen atoms in total. The van der Waals surface area contributed by atoms with Crippen molar-refractivity contribution in [2.24, 2.45) is 5.92 Å². The van der Waals surface area contributed by atoms with Crippen LogP contribution in [0.5, 0.6) is 0 Å². The maximum Gasteiger partial charge on any atom is 0.416 e. The number of carbonyl (C=O) groups is 3. The number of alkyl halides is 3. The van der Waals surface area contributed by atoms with Crippen molar-refractivity contribution < 1.29 is 36.0 Å². The molecule has 0 spiro atoms. The molecular weight excluding hydrogens is 559 g/mol. The van der Waals surface area contributed by atoms with E-state index in [4.69, 9.17) is 0 Å². The van der Waals surface area contributed by atoms with E-state index in [0.717, 1.165) is 17.0 Å². The van der Waals surface area contributed by atoms with Gasteiger partial charge in [-0.2, -0.15) is 13.2 Å². The highest BCUT2D eigenvalue weighted by Gasteiger charge is 2.48. The molecule has 2 fully saturated rings. The van der Waals surface area contributed by atoms with Gasteiger partial charge in [-0.15, -0.1) is 0 Å². The predicted molar refractivity (Wildman–Crippen MR) is 145 cm³/mol. The molecule has 41 heavy (non-hydrogen) atoms. The third-order valence-corrected chi connectivity index (χ3v) is 9.97. The summed E-state index contributed by atoms with van der Waals surface area (Å²) in [6.45, 7) is 4.07. The number of halogens is 3. The highest BCUT2D eigenvalue weighted by atomic mass is 32.2. The van der Waals surface area contributed by atoms with Crippen molar-refractivity contribution in [2.45, 2.75) is 74.8 Å². The fraction of sp³-hybridized carbons (Fsp3) is 0.483. The van der Waals surface area contributed by atoms with Crippen LogP contribution < -0.4 is 5.32 Å². The van der Waals surface area contributed by atoms with Gasteiger partial charge < -0.3 is 10.2 Å². The average Bonchev–Trinajstić information content (AvgIpc) is 3.20. The Bertz CT molecular complexity index is 1400. The summed E-state index contributed by atoms with van der Waals surface area (Å²) < 4.78 is 66.0. The van der Waals surface area contributed by atoms with Crippen molar-refractivity contribution in [3.05, 3.63) is 65.7 Å². The number of benzene rings is 2. The van der Waals surface area contributed by atoms with E-state index in [1.54, 1.807) is 18.2 Å². The van der Waals surface area contributed by atoms with Gasteiger partial charge in [0.05, 0.1) is 22.6 Å². The second-order valence-electron chi connectivity index (χ2n) is 11.1. The Morgan fingerprint density at radius 1 is 1.07 bits per heavy atom. The molecule has 1 aliphatic heterocycles. The van der Waals surface area contributed by atoms with Crippen molar-refractivity contribution in [1.29, 1.82) is 0 Å². The zero-order valence-electron chi connectivity index (χ0n) is 23.1. The zero-order valence-corrected chi connectivity index (χ0v) is 23.9. The van der Waals surface area contributed by atoms with Crippen molar-refractivity contribution in [3.8, 4) is 0 Å². The van der Waals surface area contributed by atoms with Crippen LogP contribution in [0.4, 0.5) is 13.2 Å². The van der Waals surface area contributed by atoms with Crippen LogP contribution >= 0.6 is 0 Å². The fourth-order valence-corrected chi connectivity index (χ4v) is 7.42. The summed E-state index contributed by atoms with van der Waals surface area (Å²) in [7, 11) is -1.78. The van der Waals surface area contributed by atoms with Gasteiger partial charge in [-0.05, 0) is 76.4 Å². The van der Waals surface area contributed by atoms with Crippen LogP contribution in [-0.2, 0) is 25.6 Å². The lowest BCUT2D eigenvalue weighted by Crippen LogP contribution is -2.54. The summed E-state index contributed by atoms with van der Waals surface area (Å²) >= 11 is 0. The van der Waals surface area contributed by atoms with Crippen LogP contribution in [0.2, 0.25) is 0 Å². The maximum atomic E-state index is 13.5. The Balaban J connectivity index is 1.56. The lowest BCUT2D eigenvalue weighted by molar-refractivity contribution is -0.144. The standard InChI is InChI=1S/C29H34F3N3O5S/c1-18(2)34(3)22-12-13-25(20(15-22)17-41(39,40)23-10-5-4-6-11-23)35-26(36)16-24(28(35)38)33-27(37)19-8-7-9-21(14-19)29(30,31)32/h4-11,14,18,20,22,24-25H,12-13,15-17H2,1-3H3,(H,33,37)/t20-,22-,24+,25+/m1/s1. The van der Waals surface area contributed by atoms with Crippen LogP contribution in [-0.4, -0.2) is 72.9 Å². The third-order valence-electron chi connectivity index (χ3n) is 8.11. The van der Waals surface area contributed by atoms with E-state index < -0.39 is 57.3 Å². The van der Waals surface area contributed by atoms with E-state index >= 15 is 0 Å². The van der Waals surface area contributed by atoms with Crippen molar-refractivity contribution >= 4 is 27.6 Å². The summed E-state index contributed by atoms with van der Waals surface area (Å²) in [6.07, 6.45) is -3.52. The number of amides is 3. The van der Waals surface area contributed by atoms with E-state index in [9.17, 15) is 36.0 Å². The smallest absolute Gasteiger partial charge is 0.340 e. The second-order valence-corrected chi connectivity index (χ2v) is 13.1. The van der Waals surface area contributed by atoms with Gasteiger partial charge in [-0.1, -0.05) is 24.3 Å². The Labute approximate surface area is 237 Å². The lowest BCUT2D eigenvalue weighted by Gasteiger charge is -2.43. The van der Waals surface area contributed by atoms with Crippen LogP contribution in [0.15, 0.2) is 59.5 Å². The molecule has 1 aliphatic carbocycles. The lowest BCUT2D eigenvalue weighted by atomic mass is 9.81. The average molecular weight is 594 g/mol. The van der Waals surface area contributed by atoms with E-state index in [-0.39, 0.29) is 34.7 Å². The summed E-state index contributed by atoms with van der Waals surface area (Å²) in [5, 5.41) is 2.41. The quantitative estimate of drug-likeness (QED) is 0.466. The molecule has 1 saturated carbocycles. The predicted octanol–water partition coefficient (Wildman–Crippen LogP) is 3.91. The minimum atomic E-state index is -4.65. The maximum absolute atomic E-state index is 13.5. The molecule has 0 aromatic heterocycles. The normalized spacial score (nSPS) is 23.9. The number of nitrogens with one attached hydrogen (secondary N) is 1. The first-order valence-corrected chi connectivity index (χ1v) is 15.2. The van der Waals surface area contributed by atoms with Gasteiger partial charge in [0.2, 0.25) is 5.91 Å². The Kier molecular flexibility index (Phi) is 8.93. The molecule has 222 valence electrons. The first-order valence-electron chi connectivity index (χ1n) is 13.5. The number of hydrogen-bond acceptors (Lipinski definition) is 6. The second kappa shape index (κ2) is 11.9.